The summed E-state index contributed by atoms with van der Waals surface area (Å²) in [5.74, 6) is 1.81. The lowest BCUT2D eigenvalue weighted by Gasteiger charge is -2.39. The lowest BCUT2D eigenvalue weighted by atomic mass is 9.61. The maximum absolute atomic E-state index is 4.72. The van der Waals surface area contributed by atoms with Crippen molar-refractivity contribution in [2.24, 2.45) is 0 Å². The molecule has 1 aromatic heterocycles. The van der Waals surface area contributed by atoms with Gasteiger partial charge in [-0.15, -0.1) is 0 Å². The molecule has 2 aromatic carbocycles. The first-order valence-electron chi connectivity index (χ1n) is 9.18. The van der Waals surface area contributed by atoms with Crippen LogP contribution in [0.1, 0.15) is 12.5 Å². The number of hydrogen-bond acceptors (Lipinski definition) is 5. The smallest absolute Gasteiger partial charge is 0.401 e. The van der Waals surface area contributed by atoms with Crippen molar-refractivity contribution in [1.82, 2.24) is 14.8 Å². The second-order valence-electron chi connectivity index (χ2n) is 6.93. The summed E-state index contributed by atoms with van der Waals surface area (Å²) in [6, 6.07) is 19.0. The van der Waals surface area contributed by atoms with E-state index in [0.29, 0.717) is 0 Å². The minimum Gasteiger partial charge on any atom is -0.401 e. The quantitative estimate of drug-likeness (QED) is 0.662. The molecule has 0 spiro atoms. The van der Waals surface area contributed by atoms with E-state index >= 15 is 0 Å². The van der Waals surface area contributed by atoms with Crippen LogP contribution in [0.15, 0.2) is 73.2 Å². The van der Waals surface area contributed by atoms with Crippen molar-refractivity contribution in [3.8, 4) is 0 Å². The second-order valence-corrected chi connectivity index (χ2v) is 6.93. The monoisotopic (exact) mass is 353 g/mol. The summed E-state index contributed by atoms with van der Waals surface area (Å²) in [7, 11) is 2.12. The minimum absolute atomic E-state index is 0.0605. The summed E-state index contributed by atoms with van der Waals surface area (Å²) < 4.78 is 0. The Labute approximate surface area is 159 Å². The van der Waals surface area contributed by atoms with E-state index in [2.05, 4.69) is 94.3 Å². The van der Waals surface area contributed by atoms with Crippen LogP contribution in [0.3, 0.4) is 0 Å². The molecule has 0 radical (unpaired) electrons. The fourth-order valence-electron chi connectivity index (χ4n) is 4.14. The van der Waals surface area contributed by atoms with Crippen LogP contribution in [0.2, 0.25) is 0 Å². The highest BCUT2D eigenvalue weighted by molar-refractivity contribution is 6.76. The molecule has 0 bridgehead atoms. The molecular formula is C21H20BN5. The molecule has 3 aromatic rings. The zero-order valence-electron chi connectivity index (χ0n) is 15.4. The van der Waals surface area contributed by atoms with E-state index in [1.807, 2.05) is 6.07 Å². The van der Waals surface area contributed by atoms with Gasteiger partial charge in [0.2, 0.25) is 0 Å². The van der Waals surface area contributed by atoms with Crippen LogP contribution in [-0.2, 0) is 0 Å². The number of benzene rings is 2. The molecular weight excluding hydrogens is 333 g/mol. The summed E-state index contributed by atoms with van der Waals surface area (Å²) in [5, 5.41) is 0. The van der Waals surface area contributed by atoms with Gasteiger partial charge in [-0.1, -0.05) is 42.5 Å². The second kappa shape index (κ2) is 6.16. The molecule has 2 aliphatic rings. The van der Waals surface area contributed by atoms with E-state index in [1.54, 1.807) is 12.4 Å². The molecule has 6 heteroatoms. The summed E-state index contributed by atoms with van der Waals surface area (Å²) in [6.45, 7) is 2.27. The number of fused-ring (bicyclic) bond motifs is 2. The van der Waals surface area contributed by atoms with E-state index in [4.69, 9.17) is 4.98 Å². The average molecular weight is 353 g/mol. The topological polar surface area (TPSA) is 35.5 Å². The Morgan fingerprint density at radius 2 is 1.59 bits per heavy atom. The summed E-state index contributed by atoms with van der Waals surface area (Å²) in [4.78, 5) is 16.3. The highest BCUT2D eigenvalue weighted by atomic mass is 15.5. The Bertz CT molecular complexity index is 1010. The van der Waals surface area contributed by atoms with Gasteiger partial charge in [0.25, 0.3) is 0 Å². The highest BCUT2D eigenvalue weighted by Gasteiger charge is 2.45. The molecule has 27 heavy (non-hydrogen) atoms. The Morgan fingerprint density at radius 3 is 2.41 bits per heavy atom. The molecule has 132 valence electrons. The first kappa shape index (κ1) is 15.9. The van der Waals surface area contributed by atoms with Gasteiger partial charge in [-0.3, -0.25) is 0 Å². The van der Waals surface area contributed by atoms with Crippen molar-refractivity contribution in [3.05, 3.63) is 78.8 Å². The molecule has 1 atom stereocenters. The highest BCUT2D eigenvalue weighted by Crippen LogP contribution is 2.41. The van der Waals surface area contributed by atoms with Gasteiger partial charge in [-0.25, -0.2) is 9.97 Å². The van der Waals surface area contributed by atoms with E-state index in [9.17, 15) is 0 Å². The molecule has 0 fully saturated rings. The fourth-order valence-corrected chi connectivity index (χ4v) is 4.14. The number of aromatic nitrogens is 2. The third-order valence-corrected chi connectivity index (χ3v) is 5.36. The predicted molar refractivity (Wildman–Crippen MR) is 111 cm³/mol. The number of hydrogen-bond donors (Lipinski definition) is 0. The van der Waals surface area contributed by atoms with Crippen LogP contribution in [0, 0.1) is 0 Å². The van der Waals surface area contributed by atoms with Crippen LogP contribution in [0.5, 0.6) is 0 Å². The maximum atomic E-state index is 4.72. The van der Waals surface area contributed by atoms with Crippen LogP contribution in [0.25, 0.3) is 6.08 Å². The molecule has 5 nitrogen and oxygen atoms in total. The third-order valence-electron chi connectivity index (χ3n) is 5.36. The average Bonchev–Trinajstić information content (AvgIpc) is 3.00. The van der Waals surface area contributed by atoms with E-state index < -0.39 is 0 Å². The molecule has 2 aliphatic heterocycles. The van der Waals surface area contributed by atoms with E-state index in [-0.39, 0.29) is 13.1 Å². The number of nitrogens with zero attached hydrogens (tertiary/aromatic N) is 5. The number of anilines is 3. The predicted octanol–water partition coefficient (Wildman–Crippen LogP) is 3.09. The molecule has 0 amide bonds. The van der Waals surface area contributed by atoms with Gasteiger partial charge < -0.3 is 14.5 Å². The number of rotatable bonds is 2. The molecule has 0 aliphatic carbocycles. The summed E-state index contributed by atoms with van der Waals surface area (Å²) in [5.41, 5.74) is 3.65. The van der Waals surface area contributed by atoms with Crippen molar-refractivity contribution in [2.75, 3.05) is 16.8 Å². The zero-order valence-corrected chi connectivity index (χ0v) is 15.4. The molecule has 0 unspecified atom stereocenters. The van der Waals surface area contributed by atoms with Crippen molar-refractivity contribution in [1.29, 1.82) is 0 Å². The Kier molecular flexibility index (Phi) is 3.64. The van der Waals surface area contributed by atoms with Crippen LogP contribution in [-0.4, -0.2) is 35.0 Å². The van der Waals surface area contributed by atoms with Gasteiger partial charge in [0.15, 0.2) is 11.6 Å². The first-order valence-corrected chi connectivity index (χ1v) is 9.18. The van der Waals surface area contributed by atoms with Gasteiger partial charge >= 0.3 is 6.98 Å². The molecule has 5 rings (SSSR count). The molecule has 0 saturated carbocycles. The maximum Gasteiger partial charge on any atom is 0.414 e. The Balaban J connectivity index is 1.66. The van der Waals surface area contributed by atoms with Gasteiger partial charge in [0.05, 0.1) is 6.17 Å². The normalized spacial score (nSPS) is 17.9. The van der Waals surface area contributed by atoms with E-state index in [0.717, 1.165) is 17.3 Å². The van der Waals surface area contributed by atoms with Crippen LogP contribution < -0.4 is 15.2 Å². The zero-order chi connectivity index (χ0) is 18.4. The van der Waals surface area contributed by atoms with Crippen molar-refractivity contribution < 1.29 is 0 Å². The van der Waals surface area contributed by atoms with Crippen LogP contribution >= 0.6 is 0 Å². The van der Waals surface area contributed by atoms with Crippen molar-refractivity contribution in [3.63, 3.8) is 0 Å². The van der Waals surface area contributed by atoms with Gasteiger partial charge in [-0.05, 0) is 49.4 Å². The standard InChI is InChI=1S/C21H20BN5/c1-16-26(18-9-4-3-5-10-18)20-21(24-14-13-23-20)27(16)22-19-11-7-6-8-17(19)12-15-25(22)2/h3-16H,1-2H3/t16-/m0/s1. The number of para-hydroxylation sites is 1. The Hall–Kier alpha value is -3.28. The molecule has 3 heterocycles. The van der Waals surface area contributed by atoms with Crippen molar-refractivity contribution in [2.45, 2.75) is 13.1 Å². The van der Waals surface area contributed by atoms with Crippen LogP contribution in [0.4, 0.5) is 17.3 Å². The third kappa shape index (κ3) is 2.40. The van der Waals surface area contributed by atoms with Gasteiger partial charge in [-0.2, -0.15) is 0 Å². The van der Waals surface area contributed by atoms with Gasteiger partial charge in [0.1, 0.15) is 0 Å². The SMILES string of the molecule is C[C@@H]1N(B2c3ccccc3C=CN2C)c2nccnc2N1c1ccccc1. The van der Waals surface area contributed by atoms with Crippen molar-refractivity contribution >= 4 is 35.8 Å². The Morgan fingerprint density at radius 1 is 0.889 bits per heavy atom. The lowest BCUT2D eigenvalue weighted by molar-refractivity contribution is 0.675. The van der Waals surface area contributed by atoms with E-state index in [1.165, 1.54) is 11.0 Å². The fraction of sp³-hybridized carbons (Fsp3) is 0.143. The molecule has 0 N–H and O–H groups in total. The summed E-state index contributed by atoms with van der Waals surface area (Å²) >= 11 is 0. The minimum atomic E-state index is 0.0605. The lowest BCUT2D eigenvalue weighted by Crippen LogP contribution is -2.62. The molecule has 0 saturated heterocycles. The largest absolute Gasteiger partial charge is 0.414 e. The summed E-state index contributed by atoms with van der Waals surface area (Å²) in [6.07, 6.45) is 7.93. The first-order chi connectivity index (χ1) is 13.3. The van der Waals surface area contributed by atoms with Gasteiger partial charge in [0, 0.05) is 18.1 Å².